The summed E-state index contributed by atoms with van der Waals surface area (Å²) in [6.07, 6.45) is 0. The summed E-state index contributed by atoms with van der Waals surface area (Å²) in [5.74, 6) is 0. The second-order valence-corrected chi connectivity index (χ2v) is 10.5. The normalized spacial score (nSPS) is 11.5. The van der Waals surface area contributed by atoms with E-state index in [1.165, 1.54) is 76.5 Å². The molecule has 0 fully saturated rings. The zero-order chi connectivity index (χ0) is 26.5. The van der Waals surface area contributed by atoms with E-state index in [0.717, 1.165) is 0 Å². The molecule has 0 heterocycles. The Labute approximate surface area is 233 Å². The van der Waals surface area contributed by atoms with Crippen LogP contribution >= 0.6 is 0 Å². The molecule has 0 aliphatic heterocycles. The molecule has 0 radical (unpaired) electrons. The van der Waals surface area contributed by atoms with Gasteiger partial charge in [-0.2, -0.15) is 0 Å². The first-order valence-electron chi connectivity index (χ1n) is 13.9. The fourth-order valence-corrected chi connectivity index (χ4v) is 6.38. The first-order valence-corrected chi connectivity index (χ1v) is 13.9. The Balaban J connectivity index is 1.54. The third kappa shape index (κ3) is 3.61. The van der Waals surface area contributed by atoms with E-state index in [0.29, 0.717) is 0 Å². The van der Waals surface area contributed by atoms with Gasteiger partial charge >= 0.3 is 0 Å². The Morgan fingerprint density at radius 2 is 0.775 bits per heavy atom. The van der Waals surface area contributed by atoms with Crippen molar-refractivity contribution in [1.82, 2.24) is 0 Å². The van der Waals surface area contributed by atoms with E-state index >= 15 is 0 Å². The lowest BCUT2D eigenvalue weighted by Crippen LogP contribution is -1.93. The zero-order valence-electron chi connectivity index (χ0n) is 22.0. The summed E-state index contributed by atoms with van der Waals surface area (Å²) in [7, 11) is 0. The maximum atomic E-state index is 2.44. The molecule has 0 aromatic heterocycles. The van der Waals surface area contributed by atoms with E-state index in [9.17, 15) is 0 Å². The molecule has 8 aromatic carbocycles. The smallest absolute Gasteiger partial charge is 0.00201 e. The summed E-state index contributed by atoms with van der Waals surface area (Å²) in [5.41, 5.74) is 7.56. The third-order valence-corrected chi connectivity index (χ3v) is 8.24. The number of hydrogen-bond donors (Lipinski definition) is 0. The maximum Gasteiger partial charge on any atom is -0.00201 e. The summed E-state index contributed by atoms with van der Waals surface area (Å²) in [6, 6.07) is 57.7. The summed E-state index contributed by atoms with van der Waals surface area (Å²) < 4.78 is 0. The molecule has 0 aliphatic carbocycles. The second-order valence-electron chi connectivity index (χ2n) is 10.5. The Hall–Kier alpha value is -5.20. The van der Waals surface area contributed by atoms with Gasteiger partial charge in [0.25, 0.3) is 0 Å². The van der Waals surface area contributed by atoms with Gasteiger partial charge in [0.2, 0.25) is 0 Å². The van der Waals surface area contributed by atoms with Gasteiger partial charge in [-0.3, -0.25) is 0 Å². The summed E-state index contributed by atoms with van der Waals surface area (Å²) in [6.45, 7) is 0. The van der Waals surface area contributed by atoms with Crippen molar-refractivity contribution in [2.45, 2.75) is 0 Å². The lowest BCUT2D eigenvalue weighted by Gasteiger charge is -2.20. The summed E-state index contributed by atoms with van der Waals surface area (Å²) >= 11 is 0. The minimum Gasteiger partial charge on any atom is -0.0616 e. The molecule has 0 nitrogen and oxygen atoms in total. The van der Waals surface area contributed by atoms with Gasteiger partial charge in [-0.1, -0.05) is 146 Å². The second kappa shape index (κ2) is 9.22. The molecule has 0 saturated carbocycles. The van der Waals surface area contributed by atoms with Gasteiger partial charge in [0.15, 0.2) is 0 Å². The van der Waals surface area contributed by atoms with E-state index in [1.807, 2.05) is 0 Å². The van der Waals surface area contributed by atoms with Crippen LogP contribution in [0, 0.1) is 0 Å². The van der Waals surface area contributed by atoms with E-state index in [1.54, 1.807) is 0 Å². The molecule has 40 heavy (non-hydrogen) atoms. The molecule has 8 aromatic rings. The van der Waals surface area contributed by atoms with Gasteiger partial charge in [-0.05, 0) is 88.6 Å². The number of hydrogen-bond acceptors (Lipinski definition) is 0. The molecule has 0 N–H and O–H groups in total. The lowest BCUT2D eigenvalue weighted by atomic mass is 9.83. The monoisotopic (exact) mass is 506 g/mol. The average Bonchev–Trinajstić information content (AvgIpc) is 3.03. The number of rotatable bonds is 3. The van der Waals surface area contributed by atoms with Crippen LogP contribution in [0.15, 0.2) is 158 Å². The number of fused-ring (bicyclic) bond motifs is 4. The van der Waals surface area contributed by atoms with Crippen molar-refractivity contribution in [2.75, 3.05) is 0 Å². The van der Waals surface area contributed by atoms with Gasteiger partial charge in [0, 0.05) is 0 Å². The molecule has 0 unspecified atom stereocenters. The van der Waals surface area contributed by atoms with Crippen LogP contribution in [0.25, 0.3) is 76.5 Å². The lowest BCUT2D eigenvalue weighted by molar-refractivity contribution is 1.63. The molecule has 0 saturated heterocycles. The summed E-state index contributed by atoms with van der Waals surface area (Å²) in [5, 5.41) is 10.1. The molecular weight excluding hydrogens is 480 g/mol. The highest BCUT2D eigenvalue weighted by molar-refractivity contribution is 6.16. The Bertz CT molecular complexity index is 2210. The maximum absolute atomic E-state index is 2.44. The largest absolute Gasteiger partial charge is 0.0616 e. The van der Waals surface area contributed by atoms with Crippen LogP contribution in [0.2, 0.25) is 0 Å². The fourth-order valence-electron chi connectivity index (χ4n) is 6.38. The van der Waals surface area contributed by atoms with Gasteiger partial charge in [0.1, 0.15) is 0 Å². The van der Waals surface area contributed by atoms with Gasteiger partial charge in [0.05, 0.1) is 0 Å². The highest BCUT2D eigenvalue weighted by atomic mass is 14.2. The molecule has 0 amide bonds. The van der Waals surface area contributed by atoms with E-state index in [4.69, 9.17) is 0 Å². The Kier molecular flexibility index (Phi) is 5.24. The van der Waals surface area contributed by atoms with E-state index < -0.39 is 0 Å². The Morgan fingerprint density at radius 3 is 1.50 bits per heavy atom. The average molecular weight is 507 g/mol. The topological polar surface area (TPSA) is 0 Å². The minimum atomic E-state index is 1.23. The molecule has 0 heteroatoms. The molecule has 0 spiro atoms. The third-order valence-electron chi connectivity index (χ3n) is 8.24. The molecule has 0 atom stereocenters. The standard InChI is InChI=1S/C40H26/c1-2-14-30-25-31(24-23-27(30)11-1)38-26-39(34-21-9-15-28-12-3-5-17-32(28)34)35-19-7-8-20-37(35)40(38)36-22-10-16-29-13-4-6-18-33(29)36/h1-26H. The molecule has 0 aliphatic rings. The van der Waals surface area contributed by atoms with Crippen molar-refractivity contribution < 1.29 is 0 Å². The van der Waals surface area contributed by atoms with Crippen LogP contribution in [0.5, 0.6) is 0 Å². The van der Waals surface area contributed by atoms with Gasteiger partial charge in [-0.15, -0.1) is 0 Å². The van der Waals surface area contributed by atoms with Crippen molar-refractivity contribution in [2.24, 2.45) is 0 Å². The highest BCUT2D eigenvalue weighted by Crippen LogP contribution is 2.46. The van der Waals surface area contributed by atoms with E-state index in [2.05, 4.69) is 158 Å². The minimum absolute atomic E-state index is 1.23. The van der Waals surface area contributed by atoms with Crippen LogP contribution in [0.4, 0.5) is 0 Å². The van der Waals surface area contributed by atoms with Crippen LogP contribution < -0.4 is 0 Å². The van der Waals surface area contributed by atoms with Crippen molar-refractivity contribution in [3.05, 3.63) is 158 Å². The number of benzene rings is 8. The predicted octanol–water partition coefficient (Wildman–Crippen LogP) is 11.3. The van der Waals surface area contributed by atoms with Crippen molar-refractivity contribution in [3.63, 3.8) is 0 Å². The van der Waals surface area contributed by atoms with Crippen molar-refractivity contribution in [3.8, 4) is 33.4 Å². The van der Waals surface area contributed by atoms with Crippen molar-refractivity contribution in [1.29, 1.82) is 0 Å². The predicted molar refractivity (Wildman–Crippen MR) is 173 cm³/mol. The first-order chi connectivity index (χ1) is 19.8. The van der Waals surface area contributed by atoms with Crippen LogP contribution in [-0.4, -0.2) is 0 Å². The van der Waals surface area contributed by atoms with Crippen LogP contribution in [0.3, 0.4) is 0 Å². The van der Waals surface area contributed by atoms with Gasteiger partial charge in [-0.25, -0.2) is 0 Å². The van der Waals surface area contributed by atoms with Gasteiger partial charge < -0.3 is 0 Å². The fraction of sp³-hybridized carbons (Fsp3) is 0. The van der Waals surface area contributed by atoms with Crippen LogP contribution in [-0.2, 0) is 0 Å². The van der Waals surface area contributed by atoms with E-state index in [-0.39, 0.29) is 0 Å². The molecule has 8 rings (SSSR count). The highest BCUT2D eigenvalue weighted by Gasteiger charge is 2.19. The molecule has 0 bridgehead atoms. The van der Waals surface area contributed by atoms with Crippen molar-refractivity contribution >= 4 is 43.1 Å². The quantitative estimate of drug-likeness (QED) is 0.223. The molecular formula is C40H26. The molecule has 186 valence electrons. The summed E-state index contributed by atoms with van der Waals surface area (Å²) in [4.78, 5) is 0. The first kappa shape index (κ1) is 22.8. The Morgan fingerprint density at radius 1 is 0.250 bits per heavy atom. The SMILES string of the molecule is c1ccc2cc(-c3cc(-c4cccc5ccccc45)c4ccccc4c3-c3cccc4ccccc34)ccc2c1. The zero-order valence-corrected chi connectivity index (χ0v) is 22.0. The van der Waals surface area contributed by atoms with Crippen LogP contribution in [0.1, 0.15) is 0 Å².